The number of halogens is 1. The summed E-state index contributed by atoms with van der Waals surface area (Å²) in [5.74, 6) is -2.00. The molecule has 37 heavy (non-hydrogen) atoms. The molecule has 1 fully saturated rings. The van der Waals surface area contributed by atoms with Gasteiger partial charge in [0.25, 0.3) is 11.7 Å². The molecule has 1 aliphatic rings. The predicted molar refractivity (Wildman–Crippen MR) is 144 cm³/mol. The number of ether oxygens (including phenoxy) is 1. The zero-order valence-electron chi connectivity index (χ0n) is 21.0. The minimum absolute atomic E-state index is 0.0693. The van der Waals surface area contributed by atoms with Crippen LogP contribution in [0.4, 0.5) is 11.4 Å². The van der Waals surface area contributed by atoms with E-state index in [0.717, 1.165) is 17.5 Å². The molecular formula is C29H27ClN2O5. The van der Waals surface area contributed by atoms with Crippen molar-refractivity contribution in [2.45, 2.75) is 33.2 Å². The normalized spacial score (nSPS) is 16.7. The number of Topliss-reactive ketones (excluding diaryl/α,β-unsaturated/α-hetero) is 1. The van der Waals surface area contributed by atoms with E-state index in [9.17, 15) is 19.5 Å². The molecular weight excluding hydrogens is 492 g/mol. The van der Waals surface area contributed by atoms with Crippen molar-refractivity contribution >= 4 is 46.3 Å². The number of rotatable bonds is 6. The van der Waals surface area contributed by atoms with Crippen molar-refractivity contribution in [2.24, 2.45) is 0 Å². The smallest absolute Gasteiger partial charge is 0.300 e. The Bertz CT molecular complexity index is 1410. The Morgan fingerprint density at radius 3 is 2.30 bits per heavy atom. The monoisotopic (exact) mass is 518 g/mol. The second-order valence-electron chi connectivity index (χ2n) is 8.82. The first kappa shape index (κ1) is 26.0. The number of nitrogens with zero attached hydrogens (tertiary/aromatic N) is 1. The molecule has 1 atom stereocenters. The van der Waals surface area contributed by atoms with Crippen LogP contribution in [0.1, 0.15) is 42.1 Å². The Balaban J connectivity index is 1.93. The van der Waals surface area contributed by atoms with E-state index in [1.54, 1.807) is 43.3 Å². The topological polar surface area (TPSA) is 95.9 Å². The van der Waals surface area contributed by atoms with E-state index >= 15 is 0 Å². The van der Waals surface area contributed by atoms with Gasteiger partial charge in [0.05, 0.1) is 29.3 Å². The van der Waals surface area contributed by atoms with Crippen molar-refractivity contribution in [1.82, 2.24) is 0 Å². The number of aryl methyl sites for hydroxylation is 2. The Hall–Kier alpha value is -4.10. The molecule has 1 heterocycles. The number of ketones is 1. The van der Waals surface area contributed by atoms with Gasteiger partial charge in [-0.15, -0.1) is 0 Å². The minimum atomic E-state index is -0.901. The fourth-order valence-corrected chi connectivity index (χ4v) is 4.87. The maximum Gasteiger partial charge on any atom is 0.300 e. The van der Waals surface area contributed by atoms with Gasteiger partial charge >= 0.3 is 0 Å². The van der Waals surface area contributed by atoms with Crippen LogP contribution in [0.3, 0.4) is 0 Å². The standard InChI is InChI=1S/C29H27ClN2O5/c1-5-18-6-8-19(9-7-18)25-24(26(34)22-14-16(2)15-23(30)28(22)37-4)27(35)29(36)32(25)21-12-10-20(11-13-21)31-17(3)33/h6-15,25,34H,5H2,1-4H3,(H,31,33)/b26-24+. The number of carbonyl (C=O) groups excluding carboxylic acids is 3. The van der Waals surface area contributed by atoms with Crippen LogP contribution < -0.4 is 15.0 Å². The van der Waals surface area contributed by atoms with Gasteiger partial charge in [-0.25, -0.2) is 0 Å². The first-order chi connectivity index (χ1) is 17.7. The van der Waals surface area contributed by atoms with E-state index in [4.69, 9.17) is 16.3 Å². The summed E-state index contributed by atoms with van der Waals surface area (Å²) in [6, 6.07) is 16.6. The van der Waals surface area contributed by atoms with Gasteiger partial charge in [0.15, 0.2) is 0 Å². The Kier molecular flexibility index (Phi) is 7.36. The number of amides is 2. The molecule has 3 aromatic rings. The van der Waals surface area contributed by atoms with Crippen LogP contribution in [-0.4, -0.2) is 29.8 Å². The van der Waals surface area contributed by atoms with Gasteiger partial charge < -0.3 is 15.2 Å². The Morgan fingerprint density at radius 2 is 1.73 bits per heavy atom. The van der Waals surface area contributed by atoms with Gasteiger partial charge in [-0.05, 0) is 66.4 Å². The molecule has 2 N–H and O–H groups in total. The lowest BCUT2D eigenvalue weighted by Crippen LogP contribution is -2.29. The summed E-state index contributed by atoms with van der Waals surface area (Å²) in [4.78, 5) is 39.6. The van der Waals surface area contributed by atoms with Crippen molar-refractivity contribution in [1.29, 1.82) is 0 Å². The van der Waals surface area contributed by atoms with Crippen LogP contribution >= 0.6 is 11.6 Å². The molecule has 3 aromatic carbocycles. The van der Waals surface area contributed by atoms with Gasteiger partial charge in [0, 0.05) is 18.3 Å². The number of hydrogen-bond acceptors (Lipinski definition) is 5. The first-order valence-corrected chi connectivity index (χ1v) is 12.2. The summed E-state index contributed by atoms with van der Waals surface area (Å²) < 4.78 is 5.43. The summed E-state index contributed by atoms with van der Waals surface area (Å²) >= 11 is 6.36. The van der Waals surface area contributed by atoms with Gasteiger partial charge in [0.1, 0.15) is 11.5 Å². The van der Waals surface area contributed by atoms with Crippen LogP contribution in [-0.2, 0) is 20.8 Å². The molecule has 8 heteroatoms. The summed E-state index contributed by atoms with van der Waals surface area (Å²) in [6.45, 7) is 5.24. The number of nitrogens with one attached hydrogen (secondary N) is 1. The highest BCUT2D eigenvalue weighted by Crippen LogP contribution is 2.44. The molecule has 7 nitrogen and oxygen atoms in total. The van der Waals surface area contributed by atoms with Crippen molar-refractivity contribution in [3.05, 3.63) is 93.5 Å². The highest BCUT2D eigenvalue weighted by Gasteiger charge is 2.47. The first-order valence-electron chi connectivity index (χ1n) is 11.8. The van der Waals surface area contributed by atoms with E-state index in [0.29, 0.717) is 16.9 Å². The molecule has 1 unspecified atom stereocenters. The van der Waals surface area contributed by atoms with Crippen LogP contribution in [0.25, 0.3) is 5.76 Å². The number of methoxy groups -OCH3 is 1. The molecule has 0 bridgehead atoms. The third-order valence-electron chi connectivity index (χ3n) is 6.26. The van der Waals surface area contributed by atoms with Crippen LogP contribution in [0.5, 0.6) is 5.75 Å². The molecule has 0 radical (unpaired) electrons. The average molecular weight is 519 g/mol. The number of benzene rings is 3. The SMILES string of the molecule is CCc1ccc(C2/C(=C(\O)c3cc(C)cc(Cl)c3OC)C(=O)C(=O)N2c2ccc(NC(C)=O)cc2)cc1. The molecule has 2 amide bonds. The average Bonchev–Trinajstić information content (AvgIpc) is 3.13. The number of hydrogen-bond donors (Lipinski definition) is 2. The van der Waals surface area contributed by atoms with Gasteiger partial charge in [-0.3, -0.25) is 19.3 Å². The minimum Gasteiger partial charge on any atom is -0.507 e. The van der Waals surface area contributed by atoms with E-state index in [1.165, 1.54) is 18.9 Å². The van der Waals surface area contributed by atoms with E-state index in [2.05, 4.69) is 5.32 Å². The number of aliphatic hydroxyl groups is 1. The number of anilines is 2. The second-order valence-corrected chi connectivity index (χ2v) is 9.23. The zero-order chi connectivity index (χ0) is 26.9. The van der Waals surface area contributed by atoms with Crippen molar-refractivity contribution in [2.75, 3.05) is 17.3 Å². The lowest BCUT2D eigenvalue weighted by molar-refractivity contribution is -0.132. The third kappa shape index (κ3) is 4.95. The van der Waals surface area contributed by atoms with Crippen LogP contribution in [0.15, 0.2) is 66.2 Å². The Labute approximate surface area is 220 Å². The van der Waals surface area contributed by atoms with Crippen molar-refractivity contribution in [3.63, 3.8) is 0 Å². The van der Waals surface area contributed by atoms with Crippen molar-refractivity contribution in [3.8, 4) is 5.75 Å². The molecule has 1 saturated heterocycles. The lowest BCUT2D eigenvalue weighted by atomic mass is 9.93. The number of aliphatic hydroxyl groups excluding tert-OH is 1. The van der Waals surface area contributed by atoms with Crippen molar-refractivity contribution < 1.29 is 24.2 Å². The largest absolute Gasteiger partial charge is 0.507 e. The summed E-state index contributed by atoms with van der Waals surface area (Å²) in [5.41, 5.74) is 3.64. The molecule has 0 aliphatic carbocycles. The quantitative estimate of drug-likeness (QED) is 0.244. The van der Waals surface area contributed by atoms with Gasteiger partial charge in [-0.1, -0.05) is 42.8 Å². The lowest BCUT2D eigenvalue weighted by Gasteiger charge is -2.26. The molecule has 0 aromatic heterocycles. The summed E-state index contributed by atoms with van der Waals surface area (Å²) in [7, 11) is 1.42. The fourth-order valence-electron chi connectivity index (χ4n) is 4.52. The third-order valence-corrected chi connectivity index (χ3v) is 6.54. The Morgan fingerprint density at radius 1 is 1.08 bits per heavy atom. The van der Waals surface area contributed by atoms with Crippen LogP contribution in [0, 0.1) is 6.92 Å². The summed E-state index contributed by atoms with van der Waals surface area (Å²) in [6.07, 6.45) is 0.823. The summed E-state index contributed by atoms with van der Waals surface area (Å²) in [5, 5.41) is 14.5. The molecule has 190 valence electrons. The maximum absolute atomic E-state index is 13.5. The molecule has 0 spiro atoms. The predicted octanol–water partition coefficient (Wildman–Crippen LogP) is 5.80. The van der Waals surface area contributed by atoms with E-state index in [-0.39, 0.29) is 33.6 Å². The van der Waals surface area contributed by atoms with E-state index in [1.807, 2.05) is 31.2 Å². The van der Waals surface area contributed by atoms with Gasteiger partial charge in [-0.2, -0.15) is 0 Å². The number of carbonyl (C=O) groups is 3. The fraction of sp³-hybridized carbons (Fsp3) is 0.207. The van der Waals surface area contributed by atoms with Crippen LogP contribution in [0.2, 0.25) is 5.02 Å². The van der Waals surface area contributed by atoms with E-state index < -0.39 is 17.7 Å². The highest BCUT2D eigenvalue weighted by atomic mass is 35.5. The van der Waals surface area contributed by atoms with Gasteiger partial charge in [0.2, 0.25) is 5.91 Å². The second kappa shape index (κ2) is 10.5. The molecule has 0 saturated carbocycles. The molecule has 4 rings (SSSR count). The molecule has 1 aliphatic heterocycles. The maximum atomic E-state index is 13.5. The zero-order valence-corrected chi connectivity index (χ0v) is 21.7. The highest BCUT2D eigenvalue weighted by molar-refractivity contribution is 6.51.